The molecule has 0 unspecified atom stereocenters. The molecule has 3 heteroatoms. The zero-order chi connectivity index (χ0) is 13.9. The molecular formula is C17H15ClN2. The molecule has 0 fully saturated rings. The van der Waals surface area contributed by atoms with E-state index < -0.39 is 0 Å². The number of H-pyrrole nitrogens is 1. The molecule has 0 saturated carbocycles. The van der Waals surface area contributed by atoms with E-state index in [9.17, 15) is 0 Å². The number of hydrogen-bond donors (Lipinski definition) is 1. The summed E-state index contributed by atoms with van der Waals surface area (Å²) in [6, 6.07) is 16.3. The van der Waals surface area contributed by atoms with Crippen molar-refractivity contribution in [2.24, 2.45) is 0 Å². The van der Waals surface area contributed by atoms with Crippen LogP contribution in [0.4, 0.5) is 0 Å². The van der Waals surface area contributed by atoms with Crippen LogP contribution in [0.1, 0.15) is 17.0 Å². The highest BCUT2D eigenvalue weighted by Crippen LogP contribution is 2.21. The molecule has 100 valence electrons. The Morgan fingerprint density at radius 1 is 1.05 bits per heavy atom. The lowest BCUT2D eigenvalue weighted by Gasteiger charge is -2.01. The third kappa shape index (κ3) is 2.75. The zero-order valence-electron chi connectivity index (χ0n) is 11.2. The number of aromatic nitrogens is 2. The first-order valence-electron chi connectivity index (χ1n) is 6.57. The van der Waals surface area contributed by atoms with E-state index in [1.807, 2.05) is 30.5 Å². The summed E-state index contributed by atoms with van der Waals surface area (Å²) in [5.74, 6) is 0.925. The van der Waals surface area contributed by atoms with Crippen LogP contribution >= 0.6 is 11.6 Å². The Hall–Kier alpha value is -2.06. The number of benzene rings is 2. The van der Waals surface area contributed by atoms with E-state index in [1.54, 1.807) is 0 Å². The number of hydrogen-bond acceptors (Lipinski definition) is 1. The molecule has 1 N–H and O–H groups in total. The van der Waals surface area contributed by atoms with E-state index in [0.29, 0.717) is 6.42 Å². The summed E-state index contributed by atoms with van der Waals surface area (Å²) in [5.41, 5.74) is 4.52. The van der Waals surface area contributed by atoms with Crippen LogP contribution < -0.4 is 0 Å². The highest BCUT2D eigenvalue weighted by Gasteiger charge is 2.06. The first-order chi connectivity index (χ1) is 9.72. The minimum atomic E-state index is 0.714. The average Bonchev–Trinajstić information content (AvgIpc) is 2.91. The Labute approximate surface area is 123 Å². The fraction of sp³-hybridized carbons (Fsp3) is 0.118. The second-order valence-corrected chi connectivity index (χ2v) is 5.28. The number of aryl methyl sites for hydroxylation is 1. The fourth-order valence-electron chi connectivity index (χ4n) is 2.15. The number of nitrogens with zero attached hydrogens (tertiary/aromatic N) is 1. The van der Waals surface area contributed by atoms with Gasteiger partial charge in [0.25, 0.3) is 0 Å². The summed E-state index contributed by atoms with van der Waals surface area (Å²) < 4.78 is 0. The second kappa shape index (κ2) is 5.51. The van der Waals surface area contributed by atoms with Gasteiger partial charge in [-0.25, -0.2) is 4.98 Å². The van der Waals surface area contributed by atoms with E-state index in [1.165, 1.54) is 5.56 Å². The van der Waals surface area contributed by atoms with Gasteiger partial charge in [-0.3, -0.25) is 0 Å². The van der Waals surface area contributed by atoms with E-state index in [-0.39, 0.29) is 0 Å². The molecule has 0 aliphatic carbocycles. The molecule has 0 aliphatic heterocycles. The topological polar surface area (TPSA) is 28.7 Å². The van der Waals surface area contributed by atoms with Crippen molar-refractivity contribution in [1.82, 2.24) is 9.97 Å². The SMILES string of the molecule is Cc1ccc(-c2cnc(Cc3ccccc3Cl)[nH]2)cc1. The van der Waals surface area contributed by atoms with Gasteiger partial charge >= 0.3 is 0 Å². The van der Waals surface area contributed by atoms with Crippen LogP contribution in [0.2, 0.25) is 5.02 Å². The summed E-state index contributed by atoms with van der Waals surface area (Å²) >= 11 is 6.17. The van der Waals surface area contributed by atoms with Crippen molar-refractivity contribution in [3.05, 3.63) is 76.7 Å². The van der Waals surface area contributed by atoms with Crippen molar-refractivity contribution >= 4 is 11.6 Å². The molecule has 0 spiro atoms. The number of halogens is 1. The van der Waals surface area contributed by atoms with Crippen molar-refractivity contribution < 1.29 is 0 Å². The molecule has 3 rings (SSSR count). The molecule has 0 bridgehead atoms. The van der Waals surface area contributed by atoms with Crippen molar-refractivity contribution in [3.8, 4) is 11.3 Å². The van der Waals surface area contributed by atoms with Gasteiger partial charge in [-0.2, -0.15) is 0 Å². The van der Waals surface area contributed by atoms with Gasteiger partial charge in [0.15, 0.2) is 0 Å². The summed E-state index contributed by atoms with van der Waals surface area (Å²) in [4.78, 5) is 7.79. The van der Waals surface area contributed by atoms with Gasteiger partial charge < -0.3 is 4.98 Å². The van der Waals surface area contributed by atoms with Crippen molar-refractivity contribution in [3.63, 3.8) is 0 Å². The number of rotatable bonds is 3. The normalized spacial score (nSPS) is 10.7. The largest absolute Gasteiger partial charge is 0.342 e. The van der Waals surface area contributed by atoms with E-state index in [2.05, 4.69) is 41.2 Å². The smallest absolute Gasteiger partial charge is 0.110 e. The lowest BCUT2D eigenvalue weighted by Crippen LogP contribution is -1.91. The third-order valence-corrected chi connectivity index (χ3v) is 3.68. The Morgan fingerprint density at radius 2 is 1.80 bits per heavy atom. The van der Waals surface area contributed by atoms with Crippen LogP contribution in [-0.2, 0) is 6.42 Å². The monoisotopic (exact) mass is 282 g/mol. The maximum absolute atomic E-state index is 6.17. The maximum atomic E-state index is 6.17. The van der Waals surface area contributed by atoms with Crippen LogP contribution in [-0.4, -0.2) is 9.97 Å². The molecule has 1 aromatic heterocycles. The quantitative estimate of drug-likeness (QED) is 0.745. The summed E-state index contributed by atoms with van der Waals surface area (Å²) in [5, 5.41) is 0.779. The molecule has 1 heterocycles. The van der Waals surface area contributed by atoms with Crippen LogP contribution in [0.5, 0.6) is 0 Å². The molecule has 20 heavy (non-hydrogen) atoms. The van der Waals surface area contributed by atoms with Gasteiger partial charge in [-0.1, -0.05) is 59.6 Å². The van der Waals surface area contributed by atoms with Gasteiger partial charge in [-0.15, -0.1) is 0 Å². The molecule has 0 radical (unpaired) electrons. The predicted molar refractivity (Wildman–Crippen MR) is 83.0 cm³/mol. The molecule has 0 saturated heterocycles. The summed E-state index contributed by atoms with van der Waals surface area (Å²) in [6.07, 6.45) is 2.59. The molecule has 0 amide bonds. The van der Waals surface area contributed by atoms with Gasteiger partial charge in [0, 0.05) is 11.4 Å². The number of imidazole rings is 1. The van der Waals surface area contributed by atoms with Gasteiger partial charge in [0.1, 0.15) is 5.82 Å². The number of nitrogens with one attached hydrogen (secondary N) is 1. The Bertz CT molecular complexity index is 714. The highest BCUT2D eigenvalue weighted by molar-refractivity contribution is 6.31. The van der Waals surface area contributed by atoms with Gasteiger partial charge in [-0.05, 0) is 24.1 Å². The van der Waals surface area contributed by atoms with Crippen molar-refractivity contribution in [2.45, 2.75) is 13.3 Å². The predicted octanol–water partition coefficient (Wildman–Crippen LogP) is 4.63. The van der Waals surface area contributed by atoms with Crippen molar-refractivity contribution in [1.29, 1.82) is 0 Å². The molecular weight excluding hydrogens is 268 g/mol. The van der Waals surface area contributed by atoms with Crippen LogP contribution in [0.3, 0.4) is 0 Å². The summed E-state index contributed by atoms with van der Waals surface area (Å²) in [6.45, 7) is 2.08. The van der Waals surface area contributed by atoms with E-state index in [4.69, 9.17) is 11.6 Å². The summed E-state index contributed by atoms with van der Waals surface area (Å²) in [7, 11) is 0. The number of aromatic amines is 1. The molecule has 3 aromatic rings. The highest BCUT2D eigenvalue weighted by atomic mass is 35.5. The molecule has 0 aliphatic rings. The molecule has 2 nitrogen and oxygen atoms in total. The Morgan fingerprint density at radius 3 is 2.55 bits per heavy atom. The second-order valence-electron chi connectivity index (χ2n) is 4.88. The molecule has 0 atom stereocenters. The first-order valence-corrected chi connectivity index (χ1v) is 6.94. The average molecular weight is 283 g/mol. The minimum absolute atomic E-state index is 0.714. The van der Waals surface area contributed by atoms with Crippen LogP contribution in [0, 0.1) is 6.92 Å². The third-order valence-electron chi connectivity index (χ3n) is 3.31. The molecule has 2 aromatic carbocycles. The standard InChI is InChI=1S/C17H15ClN2/c1-12-6-8-13(9-7-12)16-11-19-17(20-16)10-14-4-2-3-5-15(14)18/h2-9,11H,10H2,1H3,(H,19,20). The Balaban J connectivity index is 1.84. The van der Waals surface area contributed by atoms with Crippen LogP contribution in [0.15, 0.2) is 54.7 Å². The lowest BCUT2D eigenvalue weighted by molar-refractivity contribution is 1.03. The Kier molecular flexibility index (Phi) is 3.57. The lowest BCUT2D eigenvalue weighted by atomic mass is 10.1. The zero-order valence-corrected chi connectivity index (χ0v) is 12.0. The van der Waals surface area contributed by atoms with Crippen LogP contribution in [0.25, 0.3) is 11.3 Å². The van der Waals surface area contributed by atoms with E-state index in [0.717, 1.165) is 27.7 Å². The fourth-order valence-corrected chi connectivity index (χ4v) is 2.36. The van der Waals surface area contributed by atoms with Gasteiger partial charge in [0.05, 0.1) is 11.9 Å². The van der Waals surface area contributed by atoms with Gasteiger partial charge in [0.2, 0.25) is 0 Å². The van der Waals surface area contributed by atoms with E-state index >= 15 is 0 Å². The first kappa shape index (κ1) is 12.9. The minimum Gasteiger partial charge on any atom is -0.342 e. The van der Waals surface area contributed by atoms with Crippen molar-refractivity contribution in [2.75, 3.05) is 0 Å². The maximum Gasteiger partial charge on any atom is 0.110 e.